The van der Waals surface area contributed by atoms with E-state index in [9.17, 15) is 14.0 Å². The number of nitrogens with one attached hydrogen (secondary N) is 3. The van der Waals surface area contributed by atoms with Crippen LogP contribution in [0.1, 0.15) is 41.0 Å². The Hall–Kier alpha value is -2.39. The number of amides is 2. The van der Waals surface area contributed by atoms with E-state index in [0.29, 0.717) is 25.1 Å². The monoisotopic (exact) mass is 445 g/mol. The Morgan fingerprint density at radius 2 is 2.03 bits per heavy atom. The van der Waals surface area contributed by atoms with Gasteiger partial charge in [-0.1, -0.05) is 0 Å². The zero-order chi connectivity index (χ0) is 21.8. The predicted octanol–water partition coefficient (Wildman–Crippen LogP) is 2.06. The normalized spacial score (nSPS) is 18.5. The van der Waals surface area contributed by atoms with Gasteiger partial charge in [0, 0.05) is 37.3 Å². The Labute approximate surface area is 185 Å². The van der Waals surface area contributed by atoms with Gasteiger partial charge in [-0.05, 0) is 55.5 Å². The predicted molar refractivity (Wildman–Crippen MR) is 118 cm³/mol. The fourth-order valence-corrected chi connectivity index (χ4v) is 4.98. The van der Waals surface area contributed by atoms with Crippen LogP contribution < -0.4 is 10.6 Å². The third-order valence-electron chi connectivity index (χ3n) is 6.26. The molecular weight excluding hydrogens is 417 g/mol. The third kappa shape index (κ3) is 4.62. The van der Waals surface area contributed by atoms with E-state index in [-0.39, 0.29) is 17.4 Å². The largest absolute Gasteiger partial charge is 0.348 e. The zero-order valence-electron chi connectivity index (χ0n) is 17.6. The number of thioether (sulfide) groups is 1. The maximum Gasteiger partial charge on any atom is 0.251 e. The van der Waals surface area contributed by atoms with Gasteiger partial charge in [-0.3, -0.25) is 9.59 Å². The molecule has 3 heterocycles. The SMILES string of the molecule is CSCC[C@H](NC(=O)c1ccc(F)cc1)C(=O)N1CCC2(CC1)NCCc1[nH]cnc12. The van der Waals surface area contributed by atoms with Gasteiger partial charge in [0.1, 0.15) is 11.9 Å². The van der Waals surface area contributed by atoms with Crippen molar-refractivity contribution in [1.82, 2.24) is 25.5 Å². The van der Waals surface area contributed by atoms with Crippen LogP contribution in [0, 0.1) is 5.82 Å². The average molecular weight is 446 g/mol. The molecule has 0 unspecified atom stereocenters. The van der Waals surface area contributed by atoms with Gasteiger partial charge in [-0.15, -0.1) is 0 Å². The van der Waals surface area contributed by atoms with Gasteiger partial charge in [0.15, 0.2) is 0 Å². The van der Waals surface area contributed by atoms with Crippen LogP contribution in [0.2, 0.25) is 0 Å². The molecule has 166 valence electrons. The second-order valence-electron chi connectivity index (χ2n) is 8.13. The zero-order valence-corrected chi connectivity index (χ0v) is 18.4. The average Bonchev–Trinajstić information content (AvgIpc) is 3.28. The van der Waals surface area contributed by atoms with Gasteiger partial charge in [0.05, 0.1) is 17.6 Å². The van der Waals surface area contributed by atoms with E-state index in [4.69, 9.17) is 0 Å². The molecule has 31 heavy (non-hydrogen) atoms. The molecule has 1 aromatic carbocycles. The van der Waals surface area contributed by atoms with Crippen LogP contribution in [0.25, 0.3) is 0 Å². The first-order valence-corrected chi connectivity index (χ1v) is 12.0. The van der Waals surface area contributed by atoms with Gasteiger partial charge < -0.3 is 20.5 Å². The number of halogens is 1. The Balaban J connectivity index is 1.42. The van der Waals surface area contributed by atoms with Gasteiger partial charge in [0.2, 0.25) is 5.91 Å². The lowest BCUT2D eigenvalue weighted by molar-refractivity contribution is -0.135. The molecule has 0 radical (unpaired) electrons. The summed E-state index contributed by atoms with van der Waals surface area (Å²) < 4.78 is 13.2. The number of carbonyl (C=O) groups is 2. The minimum atomic E-state index is -0.598. The molecule has 2 aromatic rings. The fraction of sp³-hybridized carbons (Fsp3) is 0.500. The highest BCUT2D eigenvalue weighted by Gasteiger charge is 2.42. The summed E-state index contributed by atoms with van der Waals surface area (Å²) >= 11 is 1.64. The quantitative estimate of drug-likeness (QED) is 0.633. The minimum Gasteiger partial charge on any atom is -0.348 e. The summed E-state index contributed by atoms with van der Waals surface area (Å²) in [5.41, 5.74) is 2.42. The number of fused-ring (bicyclic) bond motifs is 2. The second-order valence-corrected chi connectivity index (χ2v) is 9.11. The van der Waals surface area contributed by atoms with Crippen molar-refractivity contribution in [2.75, 3.05) is 31.6 Å². The molecule has 4 rings (SSSR count). The van der Waals surface area contributed by atoms with Crippen molar-refractivity contribution in [1.29, 1.82) is 0 Å². The molecule has 3 N–H and O–H groups in total. The number of aromatic nitrogens is 2. The fourth-order valence-electron chi connectivity index (χ4n) is 4.51. The molecule has 9 heteroatoms. The van der Waals surface area contributed by atoms with Crippen LogP contribution >= 0.6 is 11.8 Å². The van der Waals surface area contributed by atoms with E-state index in [1.54, 1.807) is 18.1 Å². The maximum absolute atomic E-state index is 13.3. The minimum absolute atomic E-state index is 0.0579. The summed E-state index contributed by atoms with van der Waals surface area (Å²) in [6.07, 6.45) is 6.79. The van der Waals surface area contributed by atoms with Gasteiger partial charge in [-0.25, -0.2) is 9.37 Å². The first kappa shape index (κ1) is 21.8. The number of imidazole rings is 1. The van der Waals surface area contributed by atoms with E-state index in [0.717, 1.165) is 37.3 Å². The Morgan fingerprint density at radius 3 is 2.74 bits per heavy atom. The van der Waals surface area contributed by atoms with Gasteiger partial charge in [-0.2, -0.15) is 11.8 Å². The molecule has 0 bridgehead atoms. The molecule has 1 saturated heterocycles. The van der Waals surface area contributed by atoms with Crippen molar-refractivity contribution in [3.8, 4) is 0 Å². The molecule has 1 fully saturated rings. The van der Waals surface area contributed by atoms with Gasteiger partial charge >= 0.3 is 0 Å². The number of hydrogen-bond donors (Lipinski definition) is 3. The molecule has 1 spiro atoms. The lowest BCUT2D eigenvalue weighted by Crippen LogP contribution is -2.57. The summed E-state index contributed by atoms with van der Waals surface area (Å²) in [5, 5.41) is 6.50. The number of H-pyrrole nitrogens is 1. The first-order chi connectivity index (χ1) is 15.0. The van der Waals surface area contributed by atoms with Crippen molar-refractivity contribution < 1.29 is 14.0 Å². The maximum atomic E-state index is 13.3. The van der Waals surface area contributed by atoms with E-state index in [1.807, 2.05) is 11.2 Å². The van der Waals surface area contributed by atoms with Crippen LogP contribution in [-0.4, -0.2) is 64.4 Å². The standard InChI is InChI=1S/C22H28FN5O2S/c1-31-13-7-18(27-20(29)15-2-4-16(23)5-3-15)21(30)28-11-8-22(9-12-28)19-17(6-10-26-22)24-14-25-19/h2-5,14,18,26H,6-13H2,1H3,(H,24,25)(H,27,29)/t18-/m0/s1. The Kier molecular flexibility index (Phi) is 6.62. The number of rotatable bonds is 6. The highest BCUT2D eigenvalue weighted by atomic mass is 32.2. The third-order valence-corrected chi connectivity index (χ3v) is 6.90. The van der Waals surface area contributed by atoms with Gasteiger partial charge in [0.25, 0.3) is 5.91 Å². The smallest absolute Gasteiger partial charge is 0.251 e. The number of carbonyl (C=O) groups excluding carboxylic acids is 2. The van der Waals surface area contributed by atoms with E-state index >= 15 is 0 Å². The topological polar surface area (TPSA) is 90.1 Å². The molecule has 0 saturated carbocycles. The van der Waals surface area contributed by atoms with Crippen LogP contribution in [0.3, 0.4) is 0 Å². The highest BCUT2D eigenvalue weighted by Crippen LogP contribution is 2.36. The molecule has 7 nitrogen and oxygen atoms in total. The number of likely N-dealkylation sites (tertiary alicyclic amines) is 1. The van der Waals surface area contributed by atoms with Crippen molar-refractivity contribution in [3.63, 3.8) is 0 Å². The van der Waals surface area contributed by atoms with E-state index in [2.05, 4.69) is 20.6 Å². The van der Waals surface area contributed by atoms with Crippen molar-refractivity contribution in [2.45, 2.75) is 37.3 Å². The second kappa shape index (κ2) is 9.40. The van der Waals surface area contributed by atoms with E-state index < -0.39 is 11.9 Å². The van der Waals surface area contributed by atoms with Crippen LogP contribution in [0.5, 0.6) is 0 Å². The van der Waals surface area contributed by atoms with Crippen molar-refractivity contribution in [2.24, 2.45) is 0 Å². The van der Waals surface area contributed by atoms with E-state index in [1.165, 1.54) is 30.0 Å². The number of hydrogen-bond acceptors (Lipinski definition) is 5. The Morgan fingerprint density at radius 1 is 1.29 bits per heavy atom. The molecule has 2 aliphatic rings. The number of piperidine rings is 1. The summed E-state index contributed by atoms with van der Waals surface area (Å²) in [6, 6.07) is 4.76. The molecule has 0 aliphatic carbocycles. The first-order valence-electron chi connectivity index (χ1n) is 10.6. The number of benzene rings is 1. The molecular formula is C22H28FN5O2S. The van der Waals surface area contributed by atoms with Crippen LogP contribution in [0.4, 0.5) is 4.39 Å². The highest BCUT2D eigenvalue weighted by molar-refractivity contribution is 7.98. The number of nitrogens with zero attached hydrogens (tertiary/aromatic N) is 2. The van der Waals surface area contributed by atoms with Crippen LogP contribution in [-0.2, 0) is 16.8 Å². The summed E-state index contributed by atoms with van der Waals surface area (Å²) in [6.45, 7) is 2.12. The molecule has 2 amide bonds. The molecule has 1 aromatic heterocycles. The van der Waals surface area contributed by atoms with Crippen LogP contribution in [0.15, 0.2) is 30.6 Å². The van der Waals surface area contributed by atoms with Crippen molar-refractivity contribution in [3.05, 3.63) is 53.4 Å². The summed E-state index contributed by atoms with van der Waals surface area (Å²) in [4.78, 5) is 35.6. The number of aromatic amines is 1. The Bertz CT molecular complexity index is 924. The summed E-state index contributed by atoms with van der Waals surface area (Å²) in [5.74, 6) is -0.0542. The summed E-state index contributed by atoms with van der Waals surface area (Å²) in [7, 11) is 0. The van der Waals surface area contributed by atoms with Crippen molar-refractivity contribution >= 4 is 23.6 Å². The lowest BCUT2D eigenvalue weighted by Gasteiger charge is -2.44. The lowest BCUT2D eigenvalue weighted by atomic mass is 9.80. The molecule has 1 atom stereocenters. The molecule has 2 aliphatic heterocycles.